The van der Waals surface area contributed by atoms with Crippen molar-refractivity contribution >= 4 is 38.2 Å². The number of pyridine rings is 1. The first-order valence-corrected chi connectivity index (χ1v) is 8.19. The van der Waals surface area contributed by atoms with Gasteiger partial charge in [0.05, 0.1) is 6.20 Å². The zero-order valence-electron chi connectivity index (χ0n) is 11.3. The number of piperazine rings is 1. The third-order valence-electron chi connectivity index (χ3n) is 3.36. The molecule has 0 aromatic carbocycles. The minimum Gasteiger partial charge on any atom is -0.353 e. The maximum atomic E-state index is 12.6. The molecule has 0 spiro atoms. The molecular formula is C13H12BrF3N4S. The van der Waals surface area contributed by atoms with Gasteiger partial charge in [-0.1, -0.05) is 11.3 Å². The van der Waals surface area contributed by atoms with Crippen LogP contribution in [0, 0.1) is 0 Å². The molecule has 0 aliphatic carbocycles. The molecule has 1 aliphatic heterocycles. The molecule has 9 heteroatoms. The first-order chi connectivity index (χ1) is 10.4. The quantitative estimate of drug-likeness (QED) is 0.780. The number of hydrogen-bond donors (Lipinski definition) is 0. The fourth-order valence-corrected chi connectivity index (χ4v) is 3.29. The molecule has 3 heterocycles. The lowest BCUT2D eigenvalue weighted by molar-refractivity contribution is -0.134. The normalized spacial score (nSPS) is 16.2. The van der Waals surface area contributed by atoms with Crippen molar-refractivity contribution in [2.45, 2.75) is 6.18 Å². The Morgan fingerprint density at radius 3 is 2.23 bits per heavy atom. The third kappa shape index (κ3) is 3.35. The second-order valence-corrected chi connectivity index (χ2v) is 6.74. The highest BCUT2D eigenvalue weighted by Gasteiger charge is 2.34. The van der Waals surface area contributed by atoms with Gasteiger partial charge in [-0.2, -0.15) is 13.2 Å². The summed E-state index contributed by atoms with van der Waals surface area (Å²) in [5.41, 5.74) is 0. The average Bonchev–Trinajstić information content (AvgIpc) is 2.98. The van der Waals surface area contributed by atoms with E-state index in [-0.39, 0.29) is 0 Å². The lowest BCUT2D eigenvalue weighted by atomic mass is 10.3. The summed E-state index contributed by atoms with van der Waals surface area (Å²) in [6, 6.07) is 3.84. The van der Waals surface area contributed by atoms with Crippen molar-refractivity contribution in [2.24, 2.45) is 0 Å². The van der Waals surface area contributed by atoms with Crippen molar-refractivity contribution in [1.29, 1.82) is 0 Å². The highest BCUT2D eigenvalue weighted by atomic mass is 79.9. The Kier molecular flexibility index (Phi) is 4.26. The lowest BCUT2D eigenvalue weighted by Crippen LogP contribution is -2.46. The molecule has 0 radical (unpaired) electrons. The number of anilines is 2. The molecule has 0 atom stereocenters. The van der Waals surface area contributed by atoms with E-state index in [1.165, 1.54) is 0 Å². The molecule has 2 aromatic rings. The van der Waals surface area contributed by atoms with Gasteiger partial charge in [0.2, 0.25) is 0 Å². The smallest absolute Gasteiger partial charge is 0.353 e. The third-order valence-corrected chi connectivity index (χ3v) is 4.93. The monoisotopic (exact) mass is 392 g/mol. The van der Waals surface area contributed by atoms with Crippen LogP contribution >= 0.6 is 27.3 Å². The van der Waals surface area contributed by atoms with Crippen LogP contribution in [0.4, 0.5) is 24.1 Å². The molecule has 1 aliphatic rings. The first-order valence-electron chi connectivity index (χ1n) is 6.58. The van der Waals surface area contributed by atoms with Crippen LogP contribution < -0.4 is 9.80 Å². The predicted molar refractivity (Wildman–Crippen MR) is 83.5 cm³/mol. The molecule has 1 fully saturated rings. The van der Waals surface area contributed by atoms with Crippen LogP contribution in [0.3, 0.4) is 0 Å². The zero-order valence-corrected chi connectivity index (χ0v) is 13.7. The maximum Gasteiger partial charge on any atom is 0.427 e. The van der Waals surface area contributed by atoms with Gasteiger partial charge in [0, 0.05) is 36.8 Å². The van der Waals surface area contributed by atoms with E-state index in [0.29, 0.717) is 42.6 Å². The first kappa shape index (κ1) is 15.5. The van der Waals surface area contributed by atoms with E-state index in [9.17, 15) is 13.2 Å². The van der Waals surface area contributed by atoms with Crippen LogP contribution in [0.2, 0.25) is 0 Å². The van der Waals surface area contributed by atoms with Gasteiger partial charge in [-0.3, -0.25) is 0 Å². The number of halogens is 4. The van der Waals surface area contributed by atoms with E-state index >= 15 is 0 Å². The maximum absolute atomic E-state index is 12.6. The van der Waals surface area contributed by atoms with Gasteiger partial charge in [-0.25, -0.2) is 9.97 Å². The number of nitrogens with zero attached hydrogens (tertiary/aromatic N) is 4. The summed E-state index contributed by atoms with van der Waals surface area (Å²) in [6.07, 6.45) is -1.68. The van der Waals surface area contributed by atoms with Gasteiger partial charge in [0.25, 0.3) is 0 Å². The van der Waals surface area contributed by atoms with Crippen LogP contribution in [0.5, 0.6) is 0 Å². The van der Waals surface area contributed by atoms with Crippen LogP contribution in [-0.2, 0) is 6.18 Å². The van der Waals surface area contributed by atoms with Gasteiger partial charge in [0.1, 0.15) is 10.7 Å². The SMILES string of the molecule is FC(F)(F)c1cnc(N2CCN(c3ccc(Br)cn3)CC2)s1. The molecule has 2 aromatic heterocycles. The summed E-state index contributed by atoms with van der Waals surface area (Å²) >= 11 is 4.03. The van der Waals surface area contributed by atoms with E-state index in [1.54, 1.807) is 6.20 Å². The van der Waals surface area contributed by atoms with Crippen molar-refractivity contribution in [2.75, 3.05) is 36.0 Å². The van der Waals surface area contributed by atoms with Crippen LogP contribution in [-0.4, -0.2) is 36.1 Å². The van der Waals surface area contributed by atoms with Crippen molar-refractivity contribution in [3.8, 4) is 0 Å². The highest BCUT2D eigenvalue weighted by molar-refractivity contribution is 9.10. The molecule has 3 rings (SSSR count). The summed E-state index contributed by atoms with van der Waals surface area (Å²) in [7, 11) is 0. The van der Waals surface area contributed by atoms with Gasteiger partial charge in [-0.05, 0) is 28.1 Å². The minimum atomic E-state index is -4.32. The molecule has 22 heavy (non-hydrogen) atoms. The van der Waals surface area contributed by atoms with E-state index in [0.717, 1.165) is 16.5 Å². The fraction of sp³-hybridized carbons (Fsp3) is 0.385. The van der Waals surface area contributed by atoms with E-state index in [2.05, 4.69) is 30.8 Å². The largest absolute Gasteiger partial charge is 0.427 e. The molecule has 0 N–H and O–H groups in total. The summed E-state index contributed by atoms with van der Waals surface area (Å²) in [5, 5.41) is 0.427. The molecular weight excluding hydrogens is 381 g/mol. The number of thiazole rings is 1. The molecule has 0 unspecified atom stereocenters. The van der Waals surface area contributed by atoms with Gasteiger partial charge in [-0.15, -0.1) is 0 Å². The Labute approximate surface area is 137 Å². The Morgan fingerprint density at radius 1 is 1.00 bits per heavy atom. The summed E-state index contributed by atoms with van der Waals surface area (Å²) in [5.74, 6) is 0.873. The van der Waals surface area contributed by atoms with Crippen molar-refractivity contribution in [3.05, 3.63) is 33.9 Å². The molecule has 4 nitrogen and oxygen atoms in total. The summed E-state index contributed by atoms with van der Waals surface area (Å²) < 4.78 is 38.8. The van der Waals surface area contributed by atoms with Crippen LogP contribution in [0.15, 0.2) is 29.0 Å². The van der Waals surface area contributed by atoms with Gasteiger partial charge < -0.3 is 9.80 Å². The topological polar surface area (TPSA) is 32.3 Å². The Hall–Kier alpha value is -1.35. The molecule has 1 saturated heterocycles. The van der Waals surface area contributed by atoms with E-state index < -0.39 is 11.1 Å². The van der Waals surface area contributed by atoms with Crippen LogP contribution in [0.1, 0.15) is 4.88 Å². The van der Waals surface area contributed by atoms with Crippen molar-refractivity contribution < 1.29 is 13.2 Å². The number of hydrogen-bond acceptors (Lipinski definition) is 5. The Bertz CT molecular complexity index is 635. The Balaban J connectivity index is 1.64. The molecule has 0 bridgehead atoms. The Morgan fingerprint density at radius 2 is 1.68 bits per heavy atom. The standard InChI is InChI=1S/C13H12BrF3N4S/c14-9-1-2-11(18-7-9)20-3-5-21(6-4-20)12-19-8-10(22-12)13(15,16)17/h1-2,7-8H,3-6H2. The number of alkyl halides is 3. The van der Waals surface area contributed by atoms with Gasteiger partial charge >= 0.3 is 6.18 Å². The molecule has 0 amide bonds. The number of aromatic nitrogens is 2. The second-order valence-electron chi connectivity index (χ2n) is 4.81. The molecule has 0 saturated carbocycles. The van der Waals surface area contributed by atoms with Crippen molar-refractivity contribution in [3.63, 3.8) is 0 Å². The highest BCUT2D eigenvalue weighted by Crippen LogP contribution is 2.36. The lowest BCUT2D eigenvalue weighted by Gasteiger charge is -2.35. The summed E-state index contributed by atoms with van der Waals surface area (Å²) in [6.45, 7) is 2.66. The molecule has 118 valence electrons. The van der Waals surface area contributed by atoms with E-state index in [4.69, 9.17) is 0 Å². The minimum absolute atomic E-state index is 0.427. The fourth-order valence-electron chi connectivity index (χ4n) is 2.22. The zero-order chi connectivity index (χ0) is 15.7. The van der Waals surface area contributed by atoms with Crippen molar-refractivity contribution in [1.82, 2.24) is 9.97 Å². The summed E-state index contributed by atoms with van der Waals surface area (Å²) in [4.78, 5) is 11.6. The predicted octanol–water partition coefficient (Wildman–Crippen LogP) is 3.65. The second kappa shape index (κ2) is 6.04. The van der Waals surface area contributed by atoms with E-state index in [1.807, 2.05) is 17.0 Å². The van der Waals surface area contributed by atoms with Crippen LogP contribution in [0.25, 0.3) is 0 Å². The van der Waals surface area contributed by atoms with Gasteiger partial charge in [0.15, 0.2) is 5.13 Å². The number of rotatable bonds is 2. The average molecular weight is 393 g/mol.